The molecule has 2 aromatic rings. The van der Waals surface area contributed by atoms with Gasteiger partial charge < -0.3 is 9.63 Å². The van der Waals surface area contributed by atoms with Crippen LogP contribution in [0.15, 0.2) is 60.7 Å². The Morgan fingerprint density at radius 3 is 2.32 bits per heavy atom. The van der Waals surface area contributed by atoms with Gasteiger partial charge in [0.25, 0.3) is 0 Å². The van der Waals surface area contributed by atoms with Gasteiger partial charge in [0.15, 0.2) is 0 Å². The van der Waals surface area contributed by atoms with E-state index in [4.69, 9.17) is 4.74 Å². The Morgan fingerprint density at radius 2 is 1.72 bits per heavy atom. The number of esters is 1. The molecule has 134 valence electrons. The Bertz CT molecular complexity index is 706. The molecule has 0 amide bonds. The number of carbonyl (C=O) groups excluding carboxylic acids is 1. The van der Waals surface area contributed by atoms with Crippen LogP contribution in [-0.4, -0.2) is 23.6 Å². The van der Waals surface area contributed by atoms with E-state index in [0.29, 0.717) is 6.54 Å². The molecular weight excluding hydrogens is 337 g/mol. The summed E-state index contributed by atoms with van der Waals surface area (Å²) in [6, 6.07) is 18.8. The summed E-state index contributed by atoms with van der Waals surface area (Å²) in [6.45, 7) is 2.44. The zero-order valence-electron chi connectivity index (χ0n) is 14.3. The predicted molar refractivity (Wildman–Crippen MR) is 98.4 cm³/mol. The molecule has 0 heterocycles. The summed E-state index contributed by atoms with van der Waals surface area (Å²) in [7, 11) is -3.65. The summed E-state index contributed by atoms with van der Waals surface area (Å²) in [5, 5.41) is 3.18. The zero-order chi connectivity index (χ0) is 18.1. The smallest absolute Gasteiger partial charge is 0.306 e. The minimum atomic E-state index is -3.65. The molecule has 0 radical (unpaired) electrons. The fourth-order valence-electron chi connectivity index (χ4n) is 2.55. The van der Waals surface area contributed by atoms with E-state index in [1.54, 1.807) is 6.92 Å². The van der Waals surface area contributed by atoms with Crippen molar-refractivity contribution < 1.29 is 19.0 Å². The summed E-state index contributed by atoms with van der Waals surface area (Å²) in [5.74, 6) is -1.19. The van der Waals surface area contributed by atoms with Gasteiger partial charge in [-0.3, -0.25) is 14.7 Å². The Hall–Kier alpha value is -1.94. The Kier molecular flexibility index (Phi) is 7.38. The molecule has 2 N–H and O–H groups in total. The van der Waals surface area contributed by atoms with Gasteiger partial charge in [-0.1, -0.05) is 60.7 Å². The van der Waals surface area contributed by atoms with Gasteiger partial charge in [-0.25, -0.2) is 0 Å². The largest absolute Gasteiger partial charge is 0.466 e. The summed E-state index contributed by atoms with van der Waals surface area (Å²) in [5.41, 5.74) is 1.75. The highest BCUT2D eigenvalue weighted by Gasteiger charge is 2.32. The standard InChI is InChI=1S/C19H24NO4P/c1-2-24-18(21)13-14-25(22,23)19(17-11-7-4-8-12-17)20-15-16-9-5-3-6-10-16/h3-12,19-20H,2,13-15H2,1H3,(H,22,23)/t19-/m1/s1. The van der Waals surface area contributed by atoms with E-state index < -0.39 is 19.1 Å². The summed E-state index contributed by atoms with van der Waals surface area (Å²) >= 11 is 0. The van der Waals surface area contributed by atoms with Gasteiger partial charge in [-0.05, 0) is 18.1 Å². The van der Waals surface area contributed by atoms with Crippen molar-refractivity contribution in [2.45, 2.75) is 25.7 Å². The topological polar surface area (TPSA) is 75.6 Å². The minimum Gasteiger partial charge on any atom is -0.466 e. The zero-order valence-corrected chi connectivity index (χ0v) is 15.2. The van der Waals surface area contributed by atoms with Gasteiger partial charge >= 0.3 is 5.97 Å². The highest BCUT2D eigenvalue weighted by atomic mass is 31.2. The van der Waals surface area contributed by atoms with E-state index in [-0.39, 0.29) is 19.2 Å². The van der Waals surface area contributed by atoms with Gasteiger partial charge in [-0.15, -0.1) is 0 Å². The fourth-order valence-corrected chi connectivity index (χ4v) is 4.33. The molecule has 0 saturated carbocycles. The lowest BCUT2D eigenvalue weighted by Gasteiger charge is -2.25. The first-order valence-electron chi connectivity index (χ1n) is 8.32. The molecule has 6 heteroatoms. The van der Waals surface area contributed by atoms with Crippen molar-refractivity contribution in [3.8, 4) is 0 Å². The minimum absolute atomic E-state index is 0.0715. The van der Waals surface area contributed by atoms with Crippen molar-refractivity contribution in [2.24, 2.45) is 0 Å². The molecular formula is C19H24NO4P. The van der Waals surface area contributed by atoms with Crippen molar-refractivity contribution in [1.29, 1.82) is 0 Å². The van der Waals surface area contributed by atoms with Crippen LogP contribution < -0.4 is 5.32 Å². The second-order valence-corrected chi connectivity index (χ2v) is 8.19. The second-order valence-electron chi connectivity index (χ2n) is 5.71. The normalized spacial score (nSPS) is 14.5. The van der Waals surface area contributed by atoms with Crippen LogP contribution in [0.4, 0.5) is 0 Å². The summed E-state index contributed by atoms with van der Waals surface area (Å²) < 4.78 is 17.8. The van der Waals surface area contributed by atoms with E-state index in [1.165, 1.54) is 0 Å². The molecule has 0 aliphatic heterocycles. The molecule has 0 aliphatic carbocycles. The molecule has 0 aliphatic rings. The lowest BCUT2D eigenvalue weighted by atomic mass is 10.2. The van der Waals surface area contributed by atoms with E-state index in [1.807, 2.05) is 60.7 Å². The number of nitrogens with one attached hydrogen (secondary N) is 1. The Labute approximate surface area is 148 Å². The quantitative estimate of drug-likeness (QED) is 0.526. The van der Waals surface area contributed by atoms with Crippen LogP contribution >= 0.6 is 7.37 Å². The molecule has 2 aromatic carbocycles. The molecule has 25 heavy (non-hydrogen) atoms. The predicted octanol–water partition coefficient (Wildman–Crippen LogP) is 3.70. The van der Waals surface area contributed by atoms with Gasteiger partial charge in [0, 0.05) is 12.7 Å². The van der Waals surface area contributed by atoms with Gasteiger partial charge in [0.05, 0.1) is 13.0 Å². The van der Waals surface area contributed by atoms with Crippen molar-refractivity contribution in [3.63, 3.8) is 0 Å². The number of rotatable bonds is 9. The van der Waals surface area contributed by atoms with Crippen LogP contribution in [0.25, 0.3) is 0 Å². The molecule has 2 atom stereocenters. The second kappa shape index (κ2) is 9.52. The van der Waals surface area contributed by atoms with E-state index >= 15 is 0 Å². The van der Waals surface area contributed by atoms with E-state index in [2.05, 4.69) is 5.32 Å². The van der Waals surface area contributed by atoms with E-state index in [9.17, 15) is 14.3 Å². The number of benzene rings is 2. The molecule has 0 aromatic heterocycles. The monoisotopic (exact) mass is 361 g/mol. The Balaban J connectivity index is 2.13. The summed E-state index contributed by atoms with van der Waals surface area (Å²) in [4.78, 5) is 22.2. The third-order valence-electron chi connectivity index (χ3n) is 3.80. The maximum atomic E-state index is 12.9. The lowest BCUT2D eigenvalue weighted by Crippen LogP contribution is -2.23. The molecule has 5 nitrogen and oxygen atoms in total. The van der Waals surface area contributed by atoms with Crippen molar-refractivity contribution >= 4 is 13.3 Å². The van der Waals surface area contributed by atoms with Crippen LogP contribution in [0, 0.1) is 0 Å². The average Bonchev–Trinajstić information content (AvgIpc) is 2.62. The highest BCUT2D eigenvalue weighted by Crippen LogP contribution is 2.54. The van der Waals surface area contributed by atoms with Gasteiger partial charge in [0.1, 0.15) is 5.78 Å². The van der Waals surface area contributed by atoms with Crippen molar-refractivity contribution in [3.05, 3.63) is 71.8 Å². The number of ether oxygens (including phenoxy) is 1. The molecule has 0 bridgehead atoms. The van der Waals surface area contributed by atoms with Gasteiger partial charge in [-0.2, -0.15) is 0 Å². The number of carbonyl (C=O) groups is 1. The van der Waals surface area contributed by atoms with Crippen LogP contribution in [-0.2, 0) is 20.6 Å². The van der Waals surface area contributed by atoms with Crippen molar-refractivity contribution in [1.82, 2.24) is 5.32 Å². The number of hydrogen-bond donors (Lipinski definition) is 2. The fraction of sp³-hybridized carbons (Fsp3) is 0.316. The number of hydrogen-bond acceptors (Lipinski definition) is 4. The molecule has 0 fully saturated rings. The highest BCUT2D eigenvalue weighted by molar-refractivity contribution is 7.58. The molecule has 0 saturated heterocycles. The van der Waals surface area contributed by atoms with Crippen molar-refractivity contribution in [2.75, 3.05) is 12.8 Å². The summed E-state index contributed by atoms with van der Waals surface area (Å²) in [6.07, 6.45) is -0.189. The SMILES string of the molecule is CCOC(=O)CCP(=O)(O)[C@@H](NCc1ccccc1)c1ccccc1. The lowest BCUT2D eigenvalue weighted by molar-refractivity contribution is -0.142. The van der Waals surface area contributed by atoms with E-state index in [0.717, 1.165) is 11.1 Å². The van der Waals surface area contributed by atoms with Crippen LogP contribution in [0.5, 0.6) is 0 Å². The molecule has 1 unspecified atom stereocenters. The van der Waals surface area contributed by atoms with Crippen LogP contribution in [0.2, 0.25) is 0 Å². The molecule has 0 spiro atoms. The third-order valence-corrected chi connectivity index (χ3v) is 5.95. The maximum absolute atomic E-state index is 12.9. The Morgan fingerprint density at radius 1 is 1.12 bits per heavy atom. The third kappa shape index (κ3) is 6.13. The molecule has 2 rings (SSSR count). The first-order chi connectivity index (χ1) is 12.0. The average molecular weight is 361 g/mol. The van der Waals surface area contributed by atoms with Gasteiger partial charge in [0.2, 0.25) is 7.37 Å². The van der Waals surface area contributed by atoms with Crippen LogP contribution in [0.3, 0.4) is 0 Å². The first kappa shape index (κ1) is 19.4. The first-order valence-corrected chi connectivity index (χ1v) is 10.2. The van der Waals surface area contributed by atoms with Crippen LogP contribution in [0.1, 0.15) is 30.3 Å². The maximum Gasteiger partial charge on any atom is 0.306 e.